The van der Waals surface area contributed by atoms with Crippen LogP contribution in [0.5, 0.6) is 0 Å². The Morgan fingerprint density at radius 2 is 1.38 bits per heavy atom. The minimum absolute atomic E-state index is 0. The van der Waals surface area contributed by atoms with Crippen LogP contribution in [0.15, 0.2) is 54.6 Å². The van der Waals surface area contributed by atoms with Crippen molar-refractivity contribution in [2.45, 2.75) is 77.2 Å². The van der Waals surface area contributed by atoms with Crippen LogP contribution in [0.4, 0.5) is 0 Å². The quantitative estimate of drug-likeness (QED) is 0.438. The van der Waals surface area contributed by atoms with Gasteiger partial charge in [-0.3, -0.25) is 0 Å². The maximum atomic E-state index is 6.48. The van der Waals surface area contributed by atoms with Gasteiger partial charge in [-0.2, -0.15) is 0 Å². The molecule has 0 aliphatic heterocycles. The molecule has 26 heavy (non-hydrogen) atoms. The van der Waals surface area contributed by atoms with Crippen LogP contribution >= 0.6 is 12.4 Å². The number of benzene rings is 2. The third-order valence-electron chi connectivity index (χ3n) is 5.08. The van der Waals surface area contributed by atoms with E-state index in [1.807, 2.05) is 0 Å². The molecule has 0 saturated carbocycles. The van der Waals surface area contributed by atoms with Gasteiger partial charge in [-0.25, -0.2) is 0 Å². The summed E-state index contributed by atoms with van der Waals surface area (Å²) < 4.78 is 0. The van der Waals surface area contributed by atoms with Crippen LogP contribution < -0.4 is 5.73 Å². The molecule has 0 radical (unpaired) electrons. The van der Waals surface area contributed by atoms with Gasteiger partial charge in [-0.05, 0) is 37.0 Å². The molecular formula is C24H36ClN. The first-order valence-electron chi connectivity index (χ1n) is 9.97. The average Bonchev–Trinajstić information content (AvgIpc) is 2.61. The van der Waals surface area contributed by atoms with E-state index in [0.717, 1.165) is 0 Å². The number of nitrogens with two attached hydrogens (primary N) is 1. The van der Waals surface area contributed by atoms with Gasteiger partial charge in [-0.15, -0.1) is 12.4 Å². The van der Waals surface area contributed by atoms with Crippen LogP contribution in [0.3, 0.4) is 0 Å². The zero-order valence-corrected chi connectivity index (χ0v) is 17.5. The Labute approximate surface area is 166 Å². The lowest BCUT2D eigenvalue weighted by molar-refractivity contribution is 0.529. The molecule has 2 aromatic rings. The van der Waals surface area contributed by atoms with Crippen LogP contribution in [0.25, 0.3) is 0 Å². The standard InChI is InChI=1S/C24H35N.ClH/c1-4-5-6-7-8-12-17-21(20-15-10-9-11-16-20)22-18-13-14-19-23(22)24(2,3)25;/h9-11,13-16,18-19,21H,4-8,12,17,25H2,1-3H3;1H. The van der Waals surface area contributed by atoms with Gasteiger partial charge < -0.3 is 5.73 Å². The van der Waals surface area contributed by atoms with E-state index in [1.54, 1.807) is 0 Å². The van der Waals surface area contributed by atoms with E-state index in [-0.39, 0.29) is 17.9 Å². The number of rotatable bonds is 10. The zero-order chi connectivity index (χ0) is 18.1. The lowest BCUT2D eigenvalue weighted by atomic mass is 9.80. The van der Waals surface area contributed by atoms with Crippen molar-refractivity contribution in [1.29, 1.82) is 0 Å². The van der Waals surface area contributed by atoms with Gasteiger partial charge in [0, 0.05) is 11.5 Å². The Morgan fingerprint density at radius 1 is 0.808 bits per heavy atom. The first-order chi connectivity index (χ1) is 12.0. The van der Waals surface area contributed by atoms with Gasteiger partial charge in [0.1, 0.15) is 0 Å². The van der Waals surface area contributed by atoms with Crippen LogP contribution in [-0.2, 0) is 5.54 Å². The molecule has 0 bridgehead atoms. The summed E-state index contributed by atoms with van der Waals surface area (Å²) in [6.45, 7) is 6.49. The van der Waals surface area contributed by atoms with Gasteiger partial charge >= 0.3 is 0 Å². The Balaban J connectivity index is 0.00000338. The number of hydrogen-bond acceptors (Lipinski definition) is 1. The van der Waals surface area contributed by atoms with E-state index in [2.05, 4.69) is 75.4 Å². The smallest absolute Gasteiger partial charge is 0.0355 e. The molecule has 2 aromatic carbocycles. The van der Waals surface area contributed by atoms with Gasteiger partial charge in [0.05, 0.1) is 0 Å². The van der Waals surface area contributed by atoms with E-state index < -0.39 is 0 Å². The minimum atomic E-state index is -0.315. The van der Waals surface area contributed by atoms with Crippen molar-refractivity contribution in [3.8, 4) is 0 Å². The molecule has 2 heteroatoms. The van der Waals surface area contributed by atoms with E-state index in [1.165, 1.54) is 61.6 Å². The van der Waals surface area contributed by atoms with Crippen LogP contribution in [-0.4, -0.2) is 0 Å². The number of unbranched alkanes of at least 4 members (excludes halogenated alkanes) is 5. The molecule has 1 unspecified atom stereocenters. The highest BCUT2D eigenvalue weighted by Crippen LogP contribution is 2.35. The zero-order valence-electron chi connectivity index (χ0n) is 16.7. The molecule has 0 heterocycles. The first kappa shape index (κ1) is 22.7. The van der Waals surface area contributed by atoms with Crippen molar-refractivity contribution in [2.24, 2.45) is 5.73 Å². The van der Waals surface area contributed by atoms with Gasteiger partial charge in [-0.1, -0.05) is 100 Å². The summed E-state index contributed by atoms with van der Waals surface area (Å²) in [6.07, 6.45) is 9.22. The van der Waals surface area contributed by atoms with Crippen LogP contribution in [0.2, 0.25) is 0 Å². The van der Waals surface area contributed by atoms with Gasteiger partial charge in [0.25, 0.3) is 0 Å². The maximum Gasteiger partial charge on any atom is 0.0355 e. The van der Waals surface area contributed by atoms with Crippen molar-refractivity contribution in [3.63, 3.8) is 0 Å². The van der Waals surface area contributed by atoms with Crippen molar-refractivity contribution in [3.05, 3.63) is 71.3 Å². The largest absolute Gasteiger partial charge is 0.322 e. The minimum Gasteiger partial charge on any atom is -0.322 e. The Kier molecular flexibility index (Phi) is 9.98. The highest BCUT2D eigenvalue weighted by molar-refractivity contribution is 5.85. The van der Waals surface area contributed by atoms with Gasteiger partial charge in [0.2, 0.25) is 0 Å². The molecule has 0 spiro atoms. The molecular weight excluding hydrogens is 338 g/mol. The number of hydrogen-bond donors (Lipinski definition) is 1. The Bertz CT molecular complexity index is 616. The monoisotopic (exact) mass is 373 g/mol. The summed E-state index contributed by atoms with van der Waals surface area (Å²) in [6, 6.07) is 19.7. The van der Waals surface area contributed by atoms with Crippen LogP contribution in [0.1, 0.15) is 88.3 Å². The van der Waals surface area contributed by atoms with E-state index in [0.29, 0.717) is 5.92 Å². The summed E-state index contributed by atoms with van der Waals surface area (Å²) in [7, 11) is 0. The van der Waals surface area contributed by atoms with E-state index >= 15 is 0 Å². The Hall–Kier alpha value is -1.31. The third kappa shape index (κ3) is 6.78. The molecule has 0 aromatic heterocycles. The molecule has 1 nitrogen and oxygen atoms in total. The van der Waals surface area contributed by atoms with E-state index in [4.69, 9.17) is 5.73 Å². The second kappa shape index (κ2) is 11.4. The maximum absolute atomic E-state index is 6.48. The summed E-state index contributed by atoms with van der Waals surface area (Å²) in [4.78, 5) is 0. The normalized spacial score (nSPS) is 12.5. The molecule has 0 aliphatic rings. The van der Waals surface area contributed by atoms with Crippen LogP contribution in [0, 0.1) is 0 Å². The summed E-state index contributed by atoms with van der Waals surface area (Å²) in [5.41, 5.74) is 10.2. The SMILES string of the molecule is CCCCCCCCC(c1ccccc1)c1ccccc1C(C)(C)N.Cl. The molecule has 144 valence electrons. The fraction of sp³-hybridized carbons (Fsp3) is 0.500. The highest BCUT2D eigenvalue weighted by Gasteiger charge is 2.23. The molecule has 1 atom stereocenters. The van der Waals surface area contributed by atoms with Crippen molar-refractivity contribution >= 4 is 12.4 Å². The topological polar surface area (TPSA) is 26.0 Å². The molecule has 0 fully saturated rings. The number of halogens is 1. The average molecular weight is 374 g/mol. The lowest BCUT2D eigenvalue weighted by Gasteiger charge is -2.28. The second-order valence-electron chi connectivity index (χ2n) is 7.83. The highest BCUT2D eigenvalue weighted by atomic mass is 35.5. The predicted molar refractivity (Wildman–Crippen MR) is 117 cm³/mol. The van der Waals surface area contributed by atoms with Crippen molar-refractivity contribution in [1.82, 2.24) is 0 Å². The molecule has 2 rings (SSSR count). The fourth-order valence-corrected chi connectivity index (χ4v) is 3.70. The van der Waals surface area contributed by atoms with Crippen molar-refractivity contribution < 1.29 is 0 Å². The second-order valence-corrected chi connectivity index (χ2v) is 7.83. The summed E-state index contributed by atoms with van der Waals surface area (Å²) >= 11 is 0. The molecule has 2 N–H and O–H groups in total. The van der Waals surface area contributed by atoms with Gasteiger partial charge in [0.15, 0.2) is 0 Å². The molecule has 0 amide bonds. The summed E-state index contributed by atoms with van der Waals surface area (Å²) in [5, 5.41) is 0. The molecule has 0 saturated heterocycles. The fourth-order valence-electron chi connectivity index (χ4n) is 3.70. The summed E-state index contributed by atoms with van der Waals surface area (Å²) in [5.74, 6) is 0.436. The first-order valence-corrected chi connectivity index (χ1v) is 9.97. The molecule has 0 aliphatic carbocycles. The third-order valence-corrected chi connectivity index (χ3v) is 5.08. The lowest BCUT2D eigenvalue weighted by Crippen LogP contribution is -2.30. The van der Waals surface area contributed by atoms with E-state index in [9.17, 15) is 0 Å². The predicted octanol–water partition coefficient (Wildman–Crippen LogP) is 7.18. The Morgan fingerprint density at radius 3 is 2.04 bits per heavy atom. The van der Waals surface area contributed by atoms with Crippen molar-refractivity contribution in [2.75, 3.05) is 0 Å².